The molecule has 0 heterocycles. The summed E-state index contributed by atoms with van der Waals surface area (Å²) in [5.41, 5.74) is 0. The van der Waals surface area contributed by atoms with Crippen molar-refractivity contribution < 1.29 is 124 Å². The van der Waals surface area contributed by atoms with E-state index in [0.29, 0.717) is 5.06 Å². The Bertz CT molecular complexity index is 290. The number of carbonyl (C=O) groups excluding carboxylic acids is 3. The number of rotatable bonds is 9. The number of aliphatic carboxylic acids is 3. The summed E-state index contributed by atoms with van der Waals surface area (Å²) < 4.78 is 0. The first-order valence-electron chi connectivity index (χ1n) is 4.57. The molecule has 0 aromatic carbocycles. The SMILES string of the molecule is O=C([O-])CN(O)CCN(CC(=O)[O-])CC(=O)[O-].[Na+].[Na+].[Na+]. The molecule has 0 aliphatic heterocycles. The van der Waals surface area contributed by atoms with Crippen molar-refractivity contribution in [3.05, 3.63) is 0 Å². The topological polar surface area (TPSA) is 147 Å². The summed E-state index contributed by atoms with van der Waals surface area (Å²) in [5, 5.41) is 40.0. The van der Waals surface area contributed by atoms with E-state index in [1.807, 2.05) is 0 Å². The van der Waals surface area contributed by atoms with Crippen molar-refractivity contribution in [1.82, 2.24) is 9.96 Å². The van der Waals surface area contributed by atoms with E-state index in [-0.39, 0.29) is 102 Å². The molecule has 0 spiro atoms. The molecule has 0 aliphatic rings. The van der Waals surface area contributed by atoms with Crippen LogP contribution < -0.4 is 104 Å². The third kappa shape index (κ3) is 19.3. The van der Waals surface area contributed by atoms with Crippen molar-refractivity contribution in [3.63, 3.8) is 0 Å². The Balaban J connectivity index is -0.000000427. The van der Waals surface area contributed by atoms with E-state index in [1.54, 1.807) is 0 Å². The van der Waals surface area contributed by atoms with Gasteiger partial charge in [-0.2, -0.15) is 5.06 Å². The average Bonchev–Trinajstić information content (AvgIpc) is 2.11. The minimum absolute atomic E-state index is 0. The Kier molecular flexibility index (Phi) is 24.4. The van der Waals surface area contributed by atoms with Gasteiger partial charge in [-0.3, -0.25) is 4.90 Å². The van der Waals surface area contributed by atoms with E-state index < -0.39 is 37.5 Å². The van der Waals surface area contributed by atoms with Crippen LogP contribution in [0.3, 0.4) is 0 Å². The van der Waals surface area contributed by atoms with Gasteiger partial charge in [-0.1, -0.05) is 0 Å². The molecule has 0 rings (SSSR count). The van der Waals surface area contributed by atoms with Crippen LogP contribution in [-0.2, 0) is 14.4 Å². The molecular formula is C8H11N2Na3O7. The third-order valence-corrected chi connectivity index (χ3v) is 1.69. The Morgan fingerprint density at radius 3 is 1.40 bits per heavy atom. The molecule has 0 bridgehead atoms. The molecule has 1 N–H and O–H groups in total. The van der Waals surface area contributed by atoms with E-state index >= 15 is 0 Å². The minimum Gasteiger partial charge on any atom is -0.549 e. The molecule has 0 aromatic rings. The first-order chi connectivity index (χ1) is 7.81. The largest absolute Gasteiger partial charge is 1.00 e. The minimum atomic E-state index is -1.51. The Morgan fingerprint density at radius 2 is 1.10 bits per heavy atom. The van der Waals surface area contributed by atoms with E-state index in [1.165, 1.54) is 0 Å². The second-order valence-corrected chi connectivity index (χ2v) is 3.21. The fraction of sp³-hybridized carbons (Fsp3) is 0.625. The van der Waals surface area contributed by atoms with Crippen molar-refractivity contribution >= 4 is 17.9 Å². The first-order valence-corrected chi connectivity index (χ1v) is 4.57. The molecule has 98 valence electrons. The number of hydrogen-bond acceptors (Lipinski definition) is 9. The maximum Gasteiger partial charge on any atom is 1.00 e. The molecular weight excluding hydrogens is 305 g/mol. The third-order valence-electron chi connectivity index (χ3n) is 1.69. The monoisotopic (exact) mass is 316 g/mol. The Labute approximate surface area is 182 Å². The quantitative estimate of drug-likeness (QED) is 0.323. The molecule has 0 atom stereocenters. The van der Waals surface area contributed by atoms with E-state index in [9.17, 15) is 29.7 Å². The second-order valence-electron chi connectivity index (χ2n) is 3.21. The van der Waals surface area contributed by atoms with Gasteiger partial charge in [0.15, 0.2) is 0 Å². The van der Waals surface area contributed by atoms with Crippen LogP contribution >= 0.6 is 0 Å². The van der Waals surface area contributed by atoms with E-state index in [4.69, 9.17) is 5.21 Å². The Hall–Kier alpha value is 1.29. The molecule has 0 unspecified atom stereocenters. The van der Waals surface area contributed by atoms with Crippen LogP contribution in [-0.4, -0.2) is 65.8 Å². The Morgan fingerprint density at radius 1 is 0.750 bits per heavy atom. The summed E-state index contributed by atoms with van der Waals surface area (Å²) in [6.45, 7) is -2.51. The van der Waals surface area contributed by atoms with Crippen LogP contribution in [0.1, 0.15) is 0 Å². The zero-order chi connectivity index (χ0) is 13.4. The number of hydrogen-bond donors (Lipinski definition) is 1. The van der Waals surface area contributed by atoms with E-state index in [2.05, 4.69) is 0 Å². The van der Waals surface area contributed by atoms with Crippen molar-refractivity contribution in [2.24, 2.45) is 0 Å². The molecule has 9 nitrogen and oxygen atoms in total. The van der Waals surface area contributed by atoms with Gasteiger partial charge in [0.1, 0.15) is 0 Å². The van der Waals surface area contributed by atoms with Crippen LogP contribution in [0.5, 0.6) is 0 Å². The molecule has 20 heavy (non-hydrogen) atoms. The van der Waals surface area contributed by atoms with Gasteiger partial charge in [-0.25, -0.2) is 0 Å². The maximum atomic E-state index is 10.3. The summed E-state index contributed by atoms with van der Waals surface area (Å²) in [7, 11) is 0. The molecule has 12 heteroatoms. The predicted octanol–water partition coefficient (Wildman–Crippen LogP) is -14.8. The van der Waals surface area contributed by atoms with Gasteiger partial charge >= 0.3 is 88.7 Å². The molecule has 0 amide bonds. The van der Waals surface area contributed by atoms with Crippen LogP contribution in [0, 0.1) is 0 Å². The molecule has 0 radical (unpaired) electrons. The number of nitrogens with zero attached hydrogens (tertiary/aromatic N) is 2. The summed E-state index contributed by atoms with van der Waals surface area (Å²) in [4.78, 5) is 31.5. The second kappa shape index (κ2) is 16.7. The van der Waals surface area contributed by atoms with Gasteiger partial charge in [-0.05, 0) is 0 Å². The first kappa shape index (κ1) is 29.3. The van der Waals surface area contributed by atoms with Crippen molar-refractivity contribution in [1.29, 1.82) is 0 Å². The van der Waals surface area contributed by atoms with Crippen molar-refractivity contribution in [2.45, 2.75) is 0 Å². The zero-order valence-corrected chi connectivity index (χ0v) is 17.8. The van der Waals surface area contributed by atoms with Crippen LogP contribution in [0.15, 0.2) is 0 Å². The van der Waals surface area contributed by atoms with Gasteiger partial charge in [0, 0.05) is 26.2 Å². The number of hydroxylamine groups is 2. The normalized spacial score (nSPS) is 9.15. The van der Waals surface area contributed by atoms with Gasteiger partial charge in [0.25, 0.3) is 0 Å². The van der Waals surface area contributed by atoms with Crippen molar-refractivity contribution in [3.8, 4) is 0 Å². The van der Waals surface area contributed by atoms with Gasteiger partial charge < -0.3 is 34.9 Å². The van der Waals surface area contributed by atoms with Crippen molar-refractivity contribution in [2.75, 3.05) is 32.7 Å². The molecule has 0 aliphatic carbocycles. The zero-order valence-electron chi connectivity index (χ0n) is 11.8. The maximum absolute atomic E-state index is 10.3. The fourth-order valence-corrected chi connectivity index (χ4v) is 1.06. The fourth-order valence-electron chi connectivity index (χ4n) is 1.06. The van der Waals surface area contributed by atoms with Gasteiger partial charge in [0.2, 0.25) is 0 Å². The van der Waals surface area contributed by atoms with E-state index in [0.717, 1.165) is 4.90 Å². The number of carboxylic acid groups (broad SMARTS) is 3. The molecule has 0 fully saturated rings. The van der Waals surface area contributed by atoms with Crippen LogP contribution in [0.4, 0.5) is 0 Å². The summed E-state index contributed by atoms with van der Waals surface area (Å²) >= 11 is 0. The summed E-state index contributed by atoms with van der Waals surface area (Å²) in [6, 6.07) is 0. The number of carboxylic acids is 3. The summed E-state index contributed by atoms with van der Waals surface area (Å²) in [5.74, 6) is -4.50. The standard InChI is InChI=1S/C8H14N2O7.3Na/c11-6(12)3-9(4-7(13)14)1-2-10(17)5-8(15)16;;;/h17H,1-5H2,(H,11,12)(H,13,14)(H,15,16);;;/q;3*+1/p-3. The summed E-state index contributed by atoms with van der Waals surface area (Å²) in [6.07, 6.45) is 0. The van der Waals surface area contributed by atoms with Gasteiger partial charge in [0.05, 0.1) is 24.5 Å². The van der Waals surface area contributed by atoms with Crippen LogP contribution in [0.2, 0.25) is 0 Å². The predicted molar refractivity (Wildman–Crippen MR) is 44.8 cm³/mol. The number of carbonyl (C=O) groups is 3. The molecule has 0 saturated carbocycles. The van der Waals surface area contributed by atoms with Gasteiger partial charge in [-0.15, -0.1) is 0 Å². The molecule has 0 aromatic heterocycles. The molecule has 0 saturated heterocycles. The average molecular weight is 316 g/mol. The smallest absolute Gasteiger partial charge is 0.549 e. The van der Waals surface area contributed by atoms with Crippen LogP contribution in [0.25, 0.3) is 0 Å².